The molecule has 0 aromatic carbocycles. The summed E-state index contributed by atoms with van der Waals surface area (Å²) < 4.78 is 5.35. The van der Waals surface area contributed by atoms with Gasteiger partial charge in [-0.3, -0.25) is 0 Å². The third-order valence-corrected chi connectivity index (χ3v) is 2.09. The van der Waals surface area contributed by atoms with Crippen LogP contribution in [-0.4, -0.2) is 6.54 Å². The van der Waals surface area contributed by atoms with Crippen molar-refractivity contribution in [2.24, 2.45) is 11.1 Å². The first-order chi connectivity index (χ1) is 6.03. The minimum absolute atomic E-state index is 0.302. The zero-order chi connectivity index (χ0) is 9.90. The van der Waals surface area contributed by atoms with E-state index in [-0.39, 0.29) is 0 Å². The lowest BCUT2D eigenvalue weighted by atomic mass is 9.83. The summed E-state index contributed by atoms with van der Waals surface area (Å²) in [5, 5.41) is 0. The monoisotopic (exact) mass is 181 g/mol. The molecule has 74 valence electrons. The van der Waals surface area contributed by atoms with E-state index in [2.05, 4.69) is 20.8 Å². The Bertz CT molecular complexity index is 233. The number of rotatable bonds is 3. The quantitative estimate of drug-likeness (QED) is 0.778. The number of furan rings is 1. The molecule has 1 atom stereocenters. The maximum atomic E-state index is 5.71. The van der Waals surface area contributed by atoms with E-state index in [4.69, 9.17) is 10.2 Å². The molecule has 2 heteroatoms. The zero-order valence-corrected chi connectivity index (χ0v) is 8.71. The number of hydrogen-bond donors (Lipinski definition) is 1. The Morgan fingerprint density at radius 2 is 2.15 bits per heavy atom. The van der Waals surface area contributed by atoms with E-state index in [0.29, 0.717) is 17.9 Å². The van der Waals surface area contributed by atoms with Crippen molar-refractivity contribution in [2.45, 2.75) is 33.1 Å². The van der Waals surface area contributed by atoms with Gasteiger partial charge < -0.3 is 10.2 Å². The van der Waals surface area contributed by atoms with Gasteiger partial charge in [-0.1, -0.05) is 20.8 Å². The van der Waals surface area contributed by atoms with Crippen LogP contribution in [0.4, 0.5) is 0 Å². The maximum absolute atomic E-state index is 5.71. The van der Waals surface area contributed by atoms with Crippen LogP contribution in [0.2, 0.25) is 0 Å². The van der Waals surface area contributed by atoms with Crippen LogP contribution in [0.25, 0.3) is 0 Å². The second-order valence-corrected chi connectivity index (χ2v) is 4.71. The number of nitrogens with two attached hydrogens (primary N) is 1. The van der Waals surface area contributed by atoms with Crippen molar-refractivity contribution in [3.8, 4) is 0 Å². The summed E-state index contributed by atoms with van der Waals surface area (Å²) in [6, 6.07) is 3.92. The van der Waals surface area contributed by atoms with Crippen LogP contribution >= 0.6 is 0 Å². The Kier molecular flexibility index (Phi) is 3.15. The average Bonchev–Trinajstić information content (AvgIpc) is 2.50. The standard InChI is InChI=1S/C11H19NO/c1-11(2,3)7-9(8-12)10-5-4-6-13-10/h4-6,9H,7-8,12H2,1-3H3. The lowest BCUT2D eigenvalue weighted by Gasteiger charge is -2.23. The molecule has 0 spiro atoms. The first-order valence-corrected chi connectivity index (χ1v) is 4.76. The normalized spacial score (nSPS) is 14.5. The molecule has 0 aliphatic heterocycles. The van der Waals surface area contributed by atoms with Crippen LogP contribution in [0, 0.1) is 5.41 Å². The summed E-state index contributed by atoms with van der Waals surface area (Å²) in [7, 11) is 0. The van der Waals surface area contributed by atoms with Gasteiger partial charge in [0.25, 0.3) is 0 Å². The fourth-order valence-electron chi connectivity index (χ4n) is 1.56. The molecule has 1 rings (SSSR count). The lowest BCUT2D eigenvalue weighted by Crippen LogP contribution is -2.18. The van der Waals surface area contributed by atoms with E-state index in [1.807, 2.05) is 12.1 Å². The molecule has 0 aliphatic rings. The van der Waals surface area contributed by atoms with Crippen molar-refractivity contribution >= 4 is 0 Å². The third-order valence-electron chi connectivity index (χ3n) is 2.09. The summed E-state index contributed by atoms with van der Waals surface area (Å²) in [5.74, 6) is 1.37. The fourth-order valence-corrected chi connectivity index (χ4v) is 1.56. The molecule has 1 heterocycles. The molecule has 0 amide bonds. The second-order valence-electron chi connectivity index (χ2n) is 4.71. The largest absolute Gasteiger partial charge is 0.469 e. The highest BCUT2D eigenvalue weighted by Gasteiger charge is 2.20. The minimum atomic E-state index is 0.302. The van der Waals surface area contributed by atoms with E-state index >= 15 is 0 Å². The average molecular weight is 181 g/mol. The van der Waals surface area contributed by atoms with E-state index in [1.165, 1.54) is 0 Å². The molecule has 2 N–H and O–H groups in total. The molecular formula is C11H19NO. The molecule has 0 aliphatic carbocycles. The highest BCUT2D eigenvalue weighted by atomic mass is 16.3. The van der Waals surface area contributed by atoms with Crippen molar-refractivity contribution in [1.82, 2.24) is 0 Å². The summed E-state index contributed by atoms with van der Waals surface area (Å²) in [6.45, 7) is 7.32. The minimum Gasteiger partial charge on any atom is -0.469 e. The van der Waals surface area contributed by atoms with Gasteiger partial charge in [0, 0.05) is 12.5 Å². The zero-order valence-electron chi connectivity index (χ0n) is 8.71. The van der Waals surface area contributed by atoms with E-state index in [0.717, 1.165) is 12.2 Å². The molecule has 0 bridgehead atoms. The van der Waals surface area contributed by atoms with Crippen LogP contribution in [0.3, 0.4) is 0 Å². The van der Waals surface area contributed by atoms with E-state index in [1.54, 1.807) is 6.26 Å². The van der Waals surface area contributed by atoms with Gasteiger partial charge >= 0.3 is 0 Å². The Hall–Kier alpha value is -0.760. The van der Waals surface area contributed by atoms with Crippen LogP contribution < -0.4 is 5.73 Å². The first-order valence-electron chi connectivity index (χ1n) is 4.76. The van der Waals surface area contributed by atoms with Gasteiger partial charge in [0.05, 0.1) is 6.26 Å². The summed E-state index contributed by atoms with van der Waals surface area (Å²) >= 11 is 0. The highest BCUT2D eigenvalue weighted by molar-refractivity contribution is 5.06. The van der Waals surface area contributed by atoms with Gasteiger partial charge in [0.1, 0.15) is 5.76 Å². The molecule has 1 aromatic rings. The van der Waals surface area contributed by atoms with Gasteiger partial charge in [0.2, 0.25) is 0 Å². The van der Waals surface area contributed by atoms with Crippen LogP contribution in [0.15, 0.2) is 22.8 Å². The van der Waals surface area contributed by atoms with E-state index < -0.39 is 0 Å². The Morgan fingerprint density at radius 3 is 2.54 bits per heavy atom. The molecule has 13 heavy (non-hydrogen) atoms. The van der Waals surface area contributed by atoms with Crippen molar-refractivity contribution < 1.29 is 4.42 Å². The second kappa shape index (κ2) is 3.97. The topological polar surface area (TPSA) is 39.2 Å². The van der Waals surface area contributed by atoms with Crippen molar-refractivity contribution in [3.05, 3.63) is 24.2 Å². The Morgan fingerprint density at radius 1 is 1.46 bits per heavy atom. The molecule has 1 aromatic heterocycles. The SMILES string of the molecule is CC(C)(C)CC(CN)c1ccco1. The summed E-state index contributed by atoms with van der Waals surface area (Å²) in [4.78, 5) is 0. The van der Waals surface area contributed by atoms with Crippen molar-refractivity contribution in [2.75, 3.05) is 6.54 Å². The van der Waals surface area contributed by atoms with Gasteiger partial charge in [-0.15, -0.1) is 0 Å². The highest BCUT2D eigenvalue weighted by Crippen LogP contribution is 2.30. The molecule has 0 radical (unpaired) electrons. The van der Waals surface area contributed by atoms with Crippen molar-refractivity contribution in [1.29, 1.82) is 0 Å². The Balaban J connectivity index is 2.64. The maximum Gasteiger partial charge on any atom is 0.108 e. The predicted molar refractivity (Wildman–Crippen MR) is 54.6 cm³/mol. The molecular weight excluding hydrogens is 162 g/mol. The predicted octanol–water partition coefficient (Wildman–Crippen LogP) is 2.76. The molecule has 0 fully saturated rings. The van der Waals surface area contributed by atoms with Crippen molar-refractivity contribution in [3.63, 3.8) is 0 Å². The van der Waals surface area contributed by atoms with E-state index in [9.17, 15) is 0 Å². The van der Waals surface area contributed by atoms with Gasteiger partial charge in [0.15, 0.2) is 0 Å². The third kappa shape index (κ3) is 3.23. The fraction of sp³-hybridized carbons (Fsp3) is 0.636. The molecule has 0 saturated heterocycles. The van der Waals surface area contributed by atoms with Crippen LogP contribution in [-0.2, 0) is 0 Å². The van der Waals surface area contributed by atoms with Gasteiger partial charge in [-0.2, -0.15) is 0 Å². The Labute approximate surface area is 80.1 Å². The lowest BCUT2D eigenvalue weighted by molar-refractivity contribution is 0.316. The first kappa shape index (κ1) is 10.3. The van der Waals surface area contributed by atoms with Gasteiger partial charge in [-0.05, 0) is 24.0 Å². The van der Waals surface area contributed by atoms with Gasteiger partial charge in [-0.25, -0.2) is 0 Å². The van der Waals surface area contributed by atoms with Crippen LogP contribution in [0.5, 0.6) is 0 Å². The summed E-state index contributed by atoms with van der Waals surface area (Å²) in [6.07, 6.45) is 2.78. The molecule has 2 nitrogen and oxygen atoms in total. The molecule has 0 saturated carbocycles. The molecule has 1 unspecified atom stereocenters. The number of hydrogen-bond acceptors (Lipinski definition) is 2. The van der Waals surface area contributed by atoms with Crippen LogP contribution in [0.1, 0.15) is 38.9 Å². The smallest absolute Gasteiger partial charge is 0.108 e. The summed E-state index contributed by atoms with van der Waals surface area (Å²) in [5.41, 5.74) is 6.01.